The first-order valence-corrected chi connectivity index (χ1v) is 7.73. The third kappa shape index (κ3) is 4.34. The Morgan fingerprint density at radius 1 is 1.18 bits per heavy atom. The van der Waals surface area contributed by atoms with Crippen molar-refractivity contribution in [2.75, 3.05) is 11.4 Å². The third-order valence-electron chi connectivity index (χ3n) is 3.07. The summed E-state index contributed by atoms with van der Waals surface area (Å²) in [6, 6.07) is 9.26. The summed E-state index contributed by atoms with van der Waals surface area (Å²) in [7, 11) is 0. The van der Waals surface area contributed by atoms with Gasteiger partial charge in [0.25, 0.3) is 0 Å². The fraction of sp³-hybridized carbons (Fsp3) is 0.600. The molecule has 0 N–H and O–H groups in total. The Kier molecular flexibility index (Phi) is 6.64. The van der Waals surface area contributed by atoms with E-state index >= 15 is 0 Å². The van der Waals surface area contributed by atoms with Gasteiger partial charge < -0.3 is 4.90 Å². The van der Waals surface area contributed by atoms with Gasteiger partial charge in [-0.25, -0.2) is 0 Å². The highest BCUT2D eigenvalue weighted by atomic mass is 79.9. The lowest BCUT2D eigenvalue weighted by atomic mass is 10.1. The van der Waals surface area contributed by atoms with Crippen LogP contribution in [0.15, 0.2) is 24.3 Å². The summed E-state index contributed by atoms with van der Waals surface area (Å²) in [5, 5.41) is 0.931. The maximum Gasteiger partial charge on any atom is 0.0409 e. The lowest BCUT2D eigenvalue weighted by Gasteiger charge is -2.30. The van der Waals surface area contributed by atoms with E-state index in [4.69, 9.17) is 0 Å². The zero-order valence-corrected chi connectivity index (χ0v) is 12.8. The molecule has 1 aromatic rings. The van der Waals surface area contributed by atoms with Crippen LogP contribution in [-0.2, 0) is 5.33 Å². The Balaban J connectivity index is 2.81. The Morgan fingerprint density at radius 3 is 2.47 bits per heavy atom. The Bertz CT molecular complexity index is 322. The lowest BCUT2D eigenvalue weighted by Crippen LogP contribution is -2.32. The topological polar surface area (TPSA) is 3.24 Å². The van der Waals surface area contributed by atoms with Crippen LogP contribution in [0.1, 0.15) is 45.6 Å². The molecular weight excluding hydrogens is 274 g/mol. The minimum atomic E-state index is 0.562. The number of para-hydroxylation sites is 1. The number of unbranched alkanes of at least 4 members (excludes halogenated alkanes) is 2. The normalized spacial score (nSPS) is 10.9. The number of rotatable bonds is 7. The summed E-state index contributed by atoms with van der Waals surface area (Å²) in [5.41, 5.74) is 2.77. The van der Waals surface area contributed by atoms with E-state index in [1.54, 1.807) is 0 Å². The van der Waals surface area contributed by atoms with Crippen LogP contribution in [0.2, 0.25) is 0 Å². The highest BCUT2D eigenvalue weighted by molar-refractivity contribution is 9.08. The zero-order valence-electron chi connectivity index (χ0n) is 11.2. The highest BCUT2D eigenvalue weighted by Crippen LogP contribution is 2.25. The van der Waals surface area contributed by atoms with Gasteiger partial charge in [0.05, 0.1) is 0 Å². The predicted molar refractivity (Wildman–Crippen MR) is 81.1 cm³/mol. The van der Waals surface area contributed by atoms with Crippen LogP contribution in [0.25, 0.3) is 0 Å². The van der Waals surface area contributed by atoms with Gasteiger partial charge in [-0.15, -0.1) is 0 Å². The summed E-state index contributed by atoms with van der Waals surface area (Å²) >= 11 is 3.58. The van der Waals surface area contributed by atoms with E-state index in [0.717, 1.165) is 11.9 Å². The number of nitrogens with zero attached hydrogens (tertiary/aromatic N) is 1. The minimum Gasteiger partial charge on any atom is -0.369 e. The van der Waals surface area contributed by atoms with Crippen LogP contribution in [0.5, 0.6) is 0 Å². The molecule has 2 heteroatoms. The van der Waals surface area contributed by atoms with E-state index in [1.807, 2.05) is 0 Å². The summed E-state index contributed by atoms with van der Waals surface area (Å²) < 4.78 is 0. The molecule has 96 valence electrons. The molecule has 0 aliphatic carbocycles. The monoisotopic (exact) mass is 297 g/mol. The van der Waals surface area contributed by atoms with Gasteiger partial charge in [0.15, 0.2) is 0 Å². The van der Waals surface area contributed by atoms with Crippen molar-refractivity contribution in [3.05, 3.63) is 29.8 Å². The zero-order chi connectivity index (χ0) is 12.7. The summed E-state index contributed by atoms with van der Waals surface area (Å²) in [5.74, 6) is 0. The molecule has 0 saturated carbocycles. The molecule has 0 radical (unpaired) electrons. The molecule has 17 heavy (non-hydrogen) atoms. The molecule has 0 amide bonds. The second-order valence-corrected chi connectivity index (χ2v) is 5.32. The molecule has 0 aliphatic rings. The first-order chi connectivity index (χ1) is 8.20. The van der Waals surface area contributed by atoms with Gasteiger partial charge in [-0.2, -0.15) is 0 Å². The molecule has 1 aromatic carbocycles. The van der Waals surface area contributed by atoms with Crippen molar-refractivity contribution in [1.29, 1.82) is 0 Å². The van der Waals surface area contributed by atoms with E-state index in [0.29, 0.717) is 6.04 Å². The van der Waals surface area contributed by atoms with Crippen LogP contribution in [-0.4, -0.2) is 12.6 Å². The number of benzene rings is 1. The van der Waals surface area contributed by atoms with Gasteiger partial charge in [-0.3, -0.25) is 0 Å². The molecule has 0 unspecified atom stereocenters. The van der Waals surface area contributed by atoms with Crippen LogP contribution in [0.4, 0.5) is 5.69 Å². The van der Waals surface area contributed by atoms with Crippen molar-refractivity contribution < 1.29 is 0 Å². The maximum atomic E-state index is 3.58. The second-order valence-electron chi connectivity index (χ2n) is 4.76. The van der Waals surface area contributed by atoms with Gasteiger partial charge >= 0.3 is 0 Å². The largest absolute Gasteiger partial charge is 0.369 e. The van der Waals surface area contributed by atoms with Crippen LogP contribution >= 0.6 is 15.9 Å². The van der Waals surface area contributed by atoms with Gasteiger partial charge in [-0.05, 0) is 31.9 Å². The standard InChI is InChI=1S/C15H24BrN/c1-4-5-8-11-17(13(2)3)15-10-7-6-9-14(15)12-16/h6-7,9-10,13H,4-5,8,11-12H2,1-3H3. The SMILES string of the molecule is CCCCCN(c1ccccc1CBr)C(C)C. The summed E-state index contributed by atoms with van der Waals surface area (Å²) in [6.07, 6.45) is 3.89. The number of halogens is 1. The Labute approximate surface area is 114 Å². The molecule has 0 bridgehead atoms. The fourth-order valence-electron chi connectivity index (χ4n) is 2.09. The van der Waals surface area contributed by atoms with E-state index in [2.05, 4.69) is 65.9 Å². The van der Waals surface area contributed by atoms with E-state index in [1.165, 1.54) is 30.5 Å². The summed E-state index contributed by atoms with van der Waals surface area (Å²) in [6.45, 7) is 7.97. The smallest absolute Gasteiger partial charge is 0.0409 e. The van der Waals surface area contributed by atoms with Crippen molar-refractivity contribution in [2.24, 2.45) is 0 Å². The molecule has 1 nitrogen and oxygen atoms in total. The third-order valence-corrected chi connectivity index (χ3v) is 3.68. The van der Waals surface area contributed by atoms with Crippen molar-refractivity contribution >= 4 is 21.6 Å². The minimum absolute atomic E-state index is 0.562. The van der Waals surface area contributed by atoms with E-state index < -0.39 is 0 Å². The van der Waals surface area contributed by atoms with Crippen LogP contribution in [0, 0.1) is 0 Å². The maximum absolute atomic E-state index is 3.58. The second kappa shape index (κ2) is 7.75. The molecule has 1 rings (SSSR count). The van der Waals surface area contributed by atoms with Gasteiger partial charge in [0.1, 0.15) is 0 Å². The van der Waals surface area contributed by atoms with Crippen molar-refractivity contribution in [2.45, 2.75) is 51.4 Å². The quantitative estimate of drug-likeness (QED) is 0.506. The van der Waals surface area contributed by atoms with E-state index in [9.17, 15) is 0 Å². The molecule has 0 aliphatic heterocycles. The highest BCUT2D eigenvalue weighted by Gasteiger charge is 2.12. The average Bonchev–Trinajstić information content (AvgIpc) is 2.34. The van der Waals surface area contributed by atoms with Crippen molar-refractivity contribution in [3.8, 4) is 0 Å². The number of anilines is 1. The molecule has 0 aromatic heterocycles. The lowest BCUT2D eigenvalue weighted by molar-refractivity contribution is 0.625. The average molecular weight is 298 g/mol. The van der Waals surface area contributed by atoms with Gasteiger partial charge in [0, 0.05) is 23.6 Å². The molecule has 0 spiro atoms. The summed E-state index contributed by atoms with van der Waals surface area (Å²) in [4.78, 5) is 2.52. The molecule has 0 atom stereocenters. The number of hydrogen-bond acceptors (Lipinski definition) is 1. The van der Waals surface area contributed by atoms with Gasteiger partial charge in [0.2, 0.25) is 0 Å². The van der Waals surface area contributed by atoms with Crippen molar-refractivity contribution in [1.82, 2.24) is 0 Å². The number of hydrogen-bond donors (Lipinski definition) is 0. The fourth-order valence-corrected chi connectivity index (χ4v) is 2.57. The number of alkyl halides is 1. The Morgan fingerprint density at radius 2 is 1.88 bits per heavy atom. The van der Waals surface area contributed by atoms with Crippen molar-refractivity contribution in [3.63, 3.8) is 0 Å². The van der Waals surface area contributed by atoms with E-state index in [-0.39, 0.29) is 0 Å². The molecule has 0 heterocycles. The predicted octanol–water partition coefficient (Wildman–Crippen LogP) is 4.99. The first-order valence-electron chi connectivity index (χ1n) is 6.61. The van der Waals surface area contributed by atoms with Crippen LogP contribution < -0.4 is 4.90 Å². The Hall–Kier alpha value is -0.500. The van der Waals surface area contributed by atoms with Crippen LogP contribution in [0.3, 0.4) is 0 Å². The molecule has 0 fully saturated rings. The molecule has 0 saturated heterocycles. The molecular formula is C15H24BrN. The first kappa shape index (κ1) is 14.6. The van der Waals surface area contributed by atoms with Gasteiger partial charge in [-0.1, -0.05) is 53.9 Å².